The number of fused-ring (bicyclic) bond motifs is 1. The lowest BCUT2D eigenvalue weighted by atomic mass is 9.96. The minimum atomic E-state index is -0.341. The largest absolute Gasteiger partial charge is 0.295 e. The molecule has 1 N–H and O–H groups in total. The van der Waals surface area contributed by atoms with Crippen molar-refractivity contribution >= 4 is 27.5 Å². The summed E-state index contributed by atoms with van der Waals surface area (Å²) in [6, 6.07) is 23.3. The Bertz CT molecular complexity index is 1190. The van der Waals surface area contributed by atoms with E-state index in [9.17, 15) is 9.18 Å². The molecule has 0 bridgehead atoms. The van der Waals surface area contributed by atoms with Gasteiger partial charge < -0.3 is 0 Å². The van der Waals surface area contributed by atoms with Gasteiger partial charge in [0.05, 0.1) is 11.7 Å². The Kier molecular flexibility index (Phi) is 4.28. The number of benzene rings is 3. The predicted octanol–water partition coefficient (Wildman–Crippen LogP) is 5.73. The third-order valence-corrected chi connectivity index (χ3v) is 5.63. The fraction of sp³-hybridized carbons (Fsp3) is 0.0435. The maximum absolute atomic E-state index is 13.4. The van der Waals surface area contributed by atoms with Crippen molar-refractivity contribution in [3.63, 3.8) is 0 Å². The highest BCUT2D eigenvalue weighted by molar-refractivity contribution is 9.10. The summed E-state index contributed by atoms with van der Waals surface area (Å²) in [7, 11) is 0. The van der Waals surface area contributed by atoms with E-state index in [-0.39, 0.29) is 17.8 Å². The quantitative estimate of drug-likeness (QED) is 0.435. The zero-order valence-corrected chi connectivity index (χ0v) is 16.7. The number of hydrogen-bond acceptors (Lipinski definition) is 2. The normalized spacial score (nSPS) is 15.6. The topological polar surface area (TPSA) is 49.0 Å². The molecule has 142 valence electrons. The van der Waals surface area contributed by atoms with Gasteiger partial charge in [-0.25, -0.2) is 4.39 Å². The van der Waals surface area contributed by atoms with Crippen LogP contribution in [0.1, 0.15) is 27.7 Å². The second-order valence-electron chi connectivity index (χ2n) is 6.83. The summed E-state index contributed by atoms with van der Waals surface area (Å²) in [6.07, 6.45) is 0. The number of para-hydroxylation sites is 1. The Balaban J connectivity index is 1.72. The van der Waals surface area contributed by atoms with Crippen molar-refractivity contribution in [1.29, 1.82) is 0 Å². The molecule has 0 aliphatic carbocycles. The zero-order valence-electron chi connectivity index (χ0n) is 15.1. The van der Waals surface area contributed by atoms with Crippen molar-refractivity contribution in [2.75, 3.05) is 4.90 Å². The number of aromatic nitrogens is 2. The molecule has 6 heteroatoms. The van der Waals surface area contributed by atoms with Crippen molar-refractivity contribution < 1.29 is 9.18 Å². The number of nitrogens with zero attached hydrogens (tertiary/aromatic N) is 2. The molecular weight excluding hydrogens is 433 g/mol. The van der Waals surface area contributed by atoms with Gasteiger partial charge in [-0.05, 0) is 54.1 Å². The van der Waals surface area contributed by atoms with Crippen LogP contribution in [0.25, 0.3) is 11.3 Å². The number of anilines is 1. The molecule has 0 spiro atoms. The van der Waals surface area contributed by atoms with Crippen molar-refractivity contribution in [3.8, 4) is 11.3 Å². The standard InChI is InChI=1S/C23H15BrFN3O/c24-16-10-6-15(7-11-16)22-19-20(14-8-12-17(25)13-9-14)26-27-21(19)23(29)28(22)18-4-2-1-3-5-18/h1-13,22H,(H,26,27). The lowest BCUT2D eigenvalue weighted by Gasteiger charge is -2.26. The third kappa shape index (κ3) is 2.96. The second kappa shape index (κ2) is 6.97. The summed E-state index contributed by atoms with van der Waals surface area (Å²) in [6.45, 7) is 0. The fourth-order valence-electron chi connectivity index (χ4n) is 3.79. The van der Waals surface area contributed by atoms with Gasteiger partial charge >= 0.3 is 0 Å². The third-order valence-electron chi connectivity index (χ3n) is 5.11. The fourth-order valence-corrected chi connectivity index (χ4v) is 4.05. The molecule has 1 amide bonds. The number of hydrogen-bond donors (Lipinski definition) is 1. The van der Waals surface area contributed by atoms with Crippen LogP contribution >= 0.6 is 15.9 Å². The molecule has 0 saturated carbocycles. The van der Waals surface area contributed by atoms with E-state index < -0.39 is 0 Å². The van der Waals surface area contributed by atoms with Gasteiger partial charge in [0.2, 0.25) is 0 Å². The first-order chi connectivity index (χ1) is 14.1. The highest BCUT2D eigenvalue weighted by atomic mass is 79.9. The monoisotopic (exact) mass is 447 g/mol. The highest BCUT2D eigenvalue weighted by Crippen LogP contribution is 2.45. The van der Waals surface area contributed by atoms with Crippen molar-refractivity contribution in [2.45, 2.75) is 6.04 Å². The SMILES string of the molecule is O=C1c2[nH]nc(-c3ccc(F)cc3)c2C(c2ccc(Br)cc2)N1c1ccccc1. The summed E-state index contributed by atoms with van der Waals surface area (Å²) >= 11 is 3.47. The van der Waals surface area contributed by atoms with Crippen LogP contribution in [0.2, 0.25) is 0 Å². The Labute approximate surface area is 175 Å². The van der Waals surface area contributed by atoms with E-state index in [1.807, 2.05) is 54.6 Å². The van der Waals surface area contributed by atoms with Crippen molar-refractivity contribution in [1.82, 2.24) is 10.2 Å². The molecule has 4 aromatic rings. The van der Waals surface area contributed by atoms with Gasteiger partial charge in [0, 0.05) is 21.3 Å². The molecule has 1 aromatic heterocycles. The average Bonchev–Trinajstić information content (AvgIpc) is 3.29. The lowest BCUT2D eigenvalue weighted by Crippen LogP contribution is -2.29. The summed E-state index contributed by atoms with van der Waals surface area (Å²) in [5.41, 5.74) is 4.44. The van der Waals surface area contributed by atoms with Crippen LogP contribution in [0.3, 0.4) is 0 Å². The molecule has 1 atom stereocenters. The van der Waals surface area contributed by atoms with Gasteiger partial charge in [-0.1, -0.05) is 46.3 Å². The molecule has 0 saturated heterocycles. The number of amides is 1. The van der Waals surface area contributed by atoms with E-state index in [0.717, 1.165) is 26.9 Å². The van der Waals surface area contributed by atoms with Crippen LogP contribution in [0.5, 0.6) is 0 Å². The molecule has 1 aliphatic rings. The lowest BCUT2D eigenvalue weighted by molar-refractivity contribution is 0.0989. The molecule has 0 fully saturated rings. The van der Waals surface area contributed by atoms with E-state index in [0.29, 0.717) is 11.4 Å². The van der Waals surface area contributed by atoms with Crippen molar-refractivity contribution in [3.05, 3.63) is 106 Å². The predicted molar refractivity (Wildman–Crippen MR) is 113 cm³/mol. The van der Waals surface area contributed by atoms with Crippen LogP contribution in [0.4, 0.5) is 10.1 Å². The van der Waals surface area contributed by atoms with Gasteiger partial charge in [0.1, 0.15) is 11.5 Å². The summed E-state index contributed by atoms with van der Waals surface area (Å²) < 4.78 is 14.4. The van der Waals surface area contributed by atoms with Crippen LogP contribution < -0.4 is 4.90 Å². The Hall–Kier alpha value is -3.25. The van der Waals surface area contributed by atoms with Gasteiger partial charge in [0.15, 0.2) is 0 Å². The van der Waals surface area contributed by atoms with Gasteiger partial charge in [-0.2, -0.15) is 5.10 Å². The smallest absolute Gasteiger partial charge is 0.277 e. The highest BCUT2D eigenvalue weighted by Gasteiger charge is 2.42. The minimum Gasteiger partial charge on any atom is -0.295 e. The molecule has 3 aromatic carbocycles. The van der Waals surface area contributed by atoms with E-state index in [4.69, 9.17) is 0 Å². The molecule has 4 nitrogen and oxygen atoms in total. The maximum Gasteiger partial charge on any atom is 0.277 e. The summed E-state index contributed by atoms with van der Waals surface area (Å²) in [4.78, 5) is 15.1. The second-order valence-corrected chi connectivity index (χ2v) is 7.75. The molecule has 5 rings (SSSR count). The average molecular weight is 448 g/mol. The van der Waals surface area contributed by atoms with Crippen LogP contribution in [0.15, 0.2) is 83.3 Å². The Morgan fingerprint density at radius 1 is 0.931 bits per heavy atom. The molecule has 1 aliphatic heterocycles. The molecule has 29 heavy (non-hydrogen) atoms. The van der Waals surface area contributed by atoms with Gasteiger partial charge in [0.25, 0.3) is 5.91 Å². The number of aromatic amines is 1. The Morgan fingerprint density at radius 3 is 2.31 bits per heavy atom. The maximum atomic E-state index is 13.4. The number of nitrogens with one attached hydrogen (secondary N) is 1. The minimum absolute atomic E-state index is 0.139. The zero-order chi connectivity index (χ0) is 20.0. The van der Waals surface area contributed by atoms with Crippen molar-refractivity contribution in [2.24, 2.45) is 0 Å². The first-order valence-electron chi connectivity index (χ1n) is 9.12. The van der Waals surface area contributed by atoms with E-state index in [1.165, 1.54) is 12.1 Å². The van der Waals surface area contributed by atoms with E-state index in [2.05, 4.69) is 26.1 Å². The first kappa shape index (κ1) is 17.8. The van der Waals surface area contributed by atoms with E-state index >= 15 is 0 Å². The molecule has 2 heterocycles. The van der Waals surface area contributed by atoms with Crippen LogP contribution in [0, 0.1) is 5.82 Å². The number of H-pyrrole nitrogens is 1. The number of rotatable bonds is 3. The molecule has 0 radical (unpaired) electrons. The van der Waals surface area contributed by atoms with Gasteiger partial charge in [-0.3, -0.25) is 14.8 Å². The van der Waals surface area contributed by atoms with Gasteiger partial charge in [-0.15, -0.1) is 0 Å². The Morgan fingerprint density at radius 2 is 1.62 bits per heavy atom. The van der Waals surface area contributed by atoms with E-state index in [1.54, 1.807) is 17.0 Å². The number of carbonyl (C=O) groups is 1. The number of halogens is 2. The van der Waals surface area contributed by atoms with Crippen LogP contribution in [-0.2, 0) is 0 Å². The first-order valence-corrected chi connectivity index (χ1v) is 9.91. The molecular formula is C23H15BrFN3O. The summed E-state index contributed by atoms with van der Waals surface area (Å²) in [5.74, 6) is -0.452. The molecule has 1 unspecified atom stereocenters. The summed E-state index contributed by atoms with van der Waals surface area (Å²) in [5, 5.41) is 7.32. The van der Waals surface area contributed by atoms with Crippen LogP contribution in [-0.4, -0.2) is 16.1 Å². The number of carbonyl (C=O) groups excluding carboxylic acids is 1.